The van der Waals surface area contributed by atoms with Gasteiger partial charge < -0.3 is 15.4 Å². The van der Waals surface area contributed by atoms with Gasteiger partial charge in [0.2, 0.25) is 0 Å². The summed E-state index contributed by atoms with van der Waals surface area (Å²) in [5.41, 5.74) is 7.07. The van der Waals surface area contributed by atoms with Gasteiger partial charge in [-0.25, -0.2) is 15.0 Å². The molecule has 3 rings (SSSR count). The Hall–Kier alpha value is -1.69. The first-order chi connectivity index (χ1) is 7.31. The molecule has 0 bridgehead atoms. The summed E-state index contributed by atoms with van der Waals surface area (Å²) in [7, 11) is 0. The van der Waals surface area contributed by atoms with E-state index in [1.54, 1.807) is 6.33 Å². The van der Waals surface area contributed by atoms with Gasteiger partial charge in [0.15, 0.2) is 11.5 Å². The Labute approximate surface area is 85.8 Å². The lowest BCUT2D eigenvalue weighted by molar-refractivity contribution is 0.269. The van der Waals surface area contributed by atoms with Crippen LogP contribution in [0.4, 0.5) is 5.82 Å². The molecular weight excluding hydrogens is 194 g/mol. The van der Waals surface area contributed by atoms with Gasteiger partial charge in [-0.05, 0) is 6.42 Å². The molecule has 1 aliphatic carbocycles. The number of aliphatic hydroxyl groups is 1. The molecule has 2 unspecified atom stereocenters. The maximum absolute atomic E-state index is 9.01. The Morgan fingerprint density at radius 2 is 2.33 bits per heavy atom. The lowest BCUT2D eigenvalue weighted by atomic mass is 10.4. The number of aliphatic hydroxyl groups excluding tert-OH is 1. The molecule has 0 radical (unpaired) electrons. The van der Waals surface area contributed by atoms with Crippen LogP contribution in [-0.4, -0.2) is 31.2 Å². The number of aromatic nitrogens is 4. The van der Waals surface area contributed by atoms with E-state index in [1.807, 2.05) is 4.57 Å². The molecule has 15 heavy (non-hydrogen) atoms. The number of nitrogens with zero attached hydrogens (tertiary/aromatic N) is 4. The molecule has 0 saturated heterocycles. The van der Waals surface area contributed by atoms with Gasteiger partial charge in [-0.1, -0.05) is 0 Å². The van der Waals surface area contributed by atoms with Gasteiger partial charge in [0.1, 0.15) is 11.8 Å². The van der Waals surface area contributed by atoms with Crippen LogP contribution in [0.15, 0.2) is 12.7 Å². The topological polar surface area (TPSA) is 89.9 Å². The molecule has 78 valence electrons. The van der Waals surface area contributed by atoms with Crippen LogP contribution in [0.2, 0.25) is 0 Å². The van der Waals surface area contributed by atoms with Crippen molar-refractivity contribution in [3.63, 3.8) is 0 Å². The van der Waals surface area contributed by atoms with Crippen molar-refractivity contribution in [3.8, 4) is 0 Å². The molecule has 2 heterocycles. The molecule has 1 aliphatic rings. The number of rotatable bonds is 2. The van der Waals surface area contributed by atoms with Crippen molar-refractivity contribution >= 4 is 17.0 Å². The zero-order valence-electron chi connectivity index (χ0n) is 8.04. The number of nitrogen functional groups attached to an aromatic ring is 1. The largest absolute Gasteiger partial charge is 0.396 e. The standard InChI is InChI=1S/C9H11N5O/c10-8-7-9(12-3-11-8)14(4-13-7)6-1-5(6)2-15/h3-6,15H,1-2H2,(H2,10,11,12). The van der Waals surface area contributed by atoms with Crippen LogP contribution in [0.5, 0.6) is 0 Å². The lowest BCUT2D eigenvalue weighted by Gasteiger charge is -2.00. The second-order valence-corrected chi connectivity index (χ2v) is 3.83. The fourth-order valence-corrected chi connectivity index (χ4v) is 1.88. The number of hydrogen-bond acceptors (Lipinski definition) is 5. The van der Waals surface area contributed by atoms with Crippen LogP contribution in [-0.2, 0) is 0 Å². The van der Waals surface area contributed by atoms with Gasteiger partial charge in [-0.15, -0.1) is 0 Å². The van der Waals surface area contributed by atoms with Crippen LogP contribution in [0.1, 0.15) is 12.5 Å². The van der Waals surface area contributed by atoms with Crippen molar-refractivity contribution in [3.05, 3.63) is 12.7 Å². The average molecular weight is 205 g/mol. The summed E-state index contributed by atoms with van der Waals surface area (Å²) >= 11 is 0. The summed E-state index contributed by atoms with van der Waals surface area (Å²) in [6, 6.07) is 0.314. The maximum atomic E-state index is 9.01. The zero-order valence-corrected chi connectivity index (χ0v) is 8.04. The van der Waals surface area contributed by atoms with Crippen LogP contribution >= 0.6 is 0 Å². The Morgan fingerprint density at radius 1 is 1.47 bits per heavy atom. The quantitative estimate of drug-likeness (QED) is 0.718. The first-order valence-electron chi connectivity index (χ1n) is 4.85. The predicted octanol–water partition coefficient (Wildman–Crippen LogP) is -0.0382. The average Bonchev–Trinajstić information content (AvgIpc) is 2.90. The number of anilines is 1. The van der Waals surface area contributed by atoms with Crippen molar-refractivity contribution in [1.29, 1.82) is 0 Å². The Balaban J connectivity index is 2.10. The molecule has 3 N–H and O–H groups in total. The van der Waals surface area contributed by atoms with E-state index < -0.39 is 0 Å². The first kappa shape index (κ1) is 8.60. The molecule has 1 saturated carbocycles. The van der Waals surface area contributed by atoms with Crippen LogP contribution < -0.4 is 5.73 Å². The molecule has 0 spiro atoms. The third-order valence-electron chi connectivity index (χ3n) is 2.86. The van der Waals surface area contributed by atoms with Crippen molar-refractivity contribution in [2.45, 2.75) is 12.5 Å². The van der Waals surface area contributed by atoms with Crippen LogP contribution in [0, 0.1) is 5.92 Å². The summed E-state index contributed by atoms with van der Waals surface area (Å²) in [6.07, 6.45) is 4.13. The minimum absolute atomic E-state index is 0.213. The second kappa shape index (κ2) is 2.90. The van der Waals surface area contributed by atoms with Crippen molar-refractivity contribution < 1.29 is 5.11 Å². The highest BCUT2D eigenvalue weighted by molar-refractivity contribution is 5.81. The molecule has 2 aromatic rings. The van der Waals surface area contributed by atoms with E-state index in [9.17, 15) is 0 Å². The van der Waals surface area contributed by atoms with E-state index >= 15 is 0 Å². The smallest absolute Gasteiger partial charge is 0.165 e. The first-order valence-corrected chi connectivity index (χ1v) is 4.85. The highest BCUT2D eigenvalue weighted by Gasteiger charge is 2.39. The van der Waals surface area contributed by atoms with Gasteiger partial charge in [0, 0.05) is 18.6 Å². The molecule has 6 heteroatoms. The molecular formula is C9H11N5O. The van der Waals surface area contributed by atoms with Crippen molar-refractivity contribution in [2.24, 2.45) is 5.92 Å². The Kier molecular flexibility index (Phi) is 1.66. The maximum Gasteiger partial charge on any atom is 0.165 e. The fraction of sp³-hybridized carbons (Fsp3) is 0.444. The van der Waals surface area contributed by atoms with Gasteiger partial charge in [-0.3, -0.25) is 0 Å². The third-order valence-corrected chi connectivity index (χ3v) is 2.86. The summed E-state index contributed by atoms with van der Waals surface area (Å²) < 4.78 is 1.97. The Morgan fingerprint density at radius 3 is 3.07 bits per heavy atom. The lowest BCUT2D eigenvalue weighted by Crippen LogP contribution is -1.99. The van der Waals surface area contributed by atoms with Gasteiger partial charge in [0.05, 0.1) is 6.33 Å². The zero-order chi connectivity index (χ0) is 10.4. The Bertz CT molecular complexity index is 508. The fourth-order valence-electron chi connectivity index (χ4n) is 1.88. The number of fused-ring (bicyclic) bond motifs is 1. The van der Waals surface area contributed by atoms with Gasteiger partial charge in [-0.2, -0.15) is 0 Å². The summed E-state index contributed by atoms with van der Waals surface area (Å²) in [5, 5.41) is 9.01. The minimum Gasteiger partial charge on any atom is -0.396 e. The van der Waals surface area contributed by atoms with E-state index in [2.05, 4.69) is 15.0 Å². The minimum atomic E-state index is 0.213. The monoisotopic (exact) mass is 205 g/mol. The molecule has 0 amide bonds. The molecule has 0 aliphatic heterocycles. The summed E-state index contributed by atoms with van der Waals surface area (Å²) in [6.45, 7) is 0.213. The highest BCUT2D eigenvalue weighted by atomic mass is 16.3. The molecule has 2 aromatic heterocycles. The molecule has 0 aromatic carbocycles. The predicted molar refractivity (Wildman–Crippen MR) is 54.0 cm³/mol. The van der Waals surface area contributed by atoms with Crippen LogP contribution in [0.25, 0.3) is 11.2 Å². The third kappa shape index (κ3) is 1.18. The van der Waals surface area contributed by atoms with Crippen LogP contribution in [0.3, 0.4) is 0 Å². The number of nitrogens with two attached hydrogens (primary N) is 1. The highest BCUT2D eigenvalue weighted by Crippen LogP contribution is 2.43. The number of hydrogen-bond donors (Lipinski definition) is 2. The normalized spacial score (nSPS) is 24.6. The van der Waals surface area contributed by atoms with E-state index in [0.717, 1.165) is 12.1 Å². The van der Waals surface area contributed by atoms with Gasteiger partial charge in [0.25, 0.3) is 0 Å². The molecule has 6 nitrogen and oxygen atoms in total. The SMILES string of the molecule is Nc1ncnc2c1ncn2C1CC1CO. The van der Waals surface area contributed by atoms with E-state index in [4.69, 9.17) is 10.8 Å². The molecule has 1 fully saturated rings. The van der Waals surface area contributed by atoms with E-state index in [-0.39, 0.29) is 6.61 Å². The number of imidazole rings is 1. The summed E-state index contributed by atoms with van der Waals surface area (Å²) in [5.74, 6) is 0.735. The van der Waals surface area contributed by atoms with Gasteiger partial charge >= 0.3 is 0 Å². The van der Waals surface area contributed by atoms with E-state index in [1.165, 1.54) is 6.33 Å². The van der Waals surface area contributed by atoms with Crippen molar-refractivity contribution in [1.82, 2.24) is 19.5 Å². The second-order valence-electron chi connectivity index (χ2n) is 3.83. The molecule has 2 atom stereocenters. The van der Waals surface area contributed by atoms with E-state index in [0.29, 0.717) is 23.3 Å². The summed E-state index contributed by atoms with van der Waals surface area (Å²) in [4.78, 5) is 12.2. The van der Waals surface area contributed by atoms with Crippen molar-refractivity contribution in [2.75, 3.05) is 12.3 Å².